The molecule has 6 heteroatoms. The highest BCUT2D eigenvalue weighted by Crippen LogP contribution is 2.20. The predicted octanol–water partition coefficient (Wildman–Crippen LogP) is 2.30. The van der Waals surface area contributed by atoms with Crippen LogP contribution in [0.4, 0.5) is 5.69 Å². The quantitative estimate of drug-likeness (QED) is 0.818. The second-order valence-electron chi connectivity index (χ2n) is 5.34. The highest BCUT2D eigenvalue weighted by molar-refractivity contribution is 7.88. The molecule has 0 spiro atoms. The maximum Gasteiger partial charge on any atom is 0.228 e. The van der Waals surface area contributed by atoms with E-state index in [1.165, 1.54) is 12.0 Å². The fourth-order valence-corrected chi connectivity index (χ4v) is 3.05. The number of allylic oxidation sites excluding steroid dienone is 1. The lowest BCUT2D eigenvalue weighted by atomic mass is 9.97. The van der Waals surface area contributed by atoms with E-state index in [1.54, 1.807) is 24.3 Å². The standard InChI is InChI=1S/C15H20N2O3S/c16-21(19,20)11-13-6-8-14(9-7-13)17-15(18)10-12-4-2-1-3-5-12/h4,6-9H,1-3,5,10-11H2,(H,17,18)(H2,16,19,20). The Bertz CT molecular complexity index is 633. The van der Waals surface area contributed by atoms with E-state index in [1.807, 2.05) is 0 Å². The van der Waals surface area contributed by atoms with Crippen LogP contribution in [0, 0.1) is 0 Å². The molecule has 1 amide bonds. The molecule has 1 aromatic carbocycles. The Kier molecular flexibility index (Phi) is 5.14. The Labute approximate surface area is 125 Å². The van der Waals surface area contributed by atoms with Crippen LogP contribution in [0.3, 0.4) is 0 Å². The predicted molar refractivity (Wildman–Crippen MR) is 83.1 cm³/mol. The normalized spacial score (nSPS) is 15.4. The summed E-state index contributed by atoms with van der Waals surface area (Å²) in [5.74, 6) is -0.240. The molecule has 0 aromatic heterocycles. The van der Waals surface area contributed by atoms with Crippen molar-refractivity contribution in [1.29, 1.82) is 0 Å². The van der Waals surface area contributed by atoms with Gasteiger partial charge in [0.1, 0.15) is 0 Å². The summed E-state index contributed by atoms with van der Waals surface area (Å²) in [6.07, 6.45) is 7.00. The maximum atomic E-state index is 11.9. The molecule has 21 heavy (non-hydrogen) atoms. The summed E-state index contributed by atoms with van der Waals surface area (Å²) in [6.45, 7) is 0. The summed E-state index contributed by atoms with van der Waals surface area (Å²) in [5, 5.41) is 7.81. The number of nitrogens with two attached hydrogens (primary N) is 1. The van der Waals surface area contributed by atoms with Crippen molar-refractivity contribution in [2.24, 2.45) is 5.14 Å². The summed E-state index contributed by atoms with van der Waals surface area (Å²) in [5.41, 5.74) is 2.46. The zero-order chi connectivity index (χ0) is 15.3. The Balaban J connectivity index is 1.90. The first-order chi connectivity index (χ1) is 9.92. The van der Waals surface area contributed by atoms with E-state index in [0.717, 1.165) is 19.3 Å². The van der Waals surface area contributed by atoms with Crippen LogP contribution in [0.25, 0.3) is 0 Å². The van der Waals surface area contributed by atoms with Gasteiger partial charge >= 0.3 is 0 Å². The zero-order valence-corrected chi connectivity index (χ0v) is 12.7. The Hall–Kier alpha value is -1.66. The summed E-state index contributed by atoms with van der Waals surface area (Å²) in [6, 6.07) is 6.68. The Morgan fingerprint density at radius 3 is 2.48 bits per heavy atom. The molecular formula is C15H20N2O3S. The molecule has 114 valence electrons. The van der Waals surface area contributed by atoms with Gasteiger partial charge in [-0.15, -0.1) is 0 Å². The largest absolute Gasteiger partial charge is 0.326 e. The molecule has 0 heterocycles. The van der Waals surface area contributed by atoms with Gasteiger partial charge in [-0.2, -0.15) is 0 Å². The lowest BCUT2D eigenvalue weighted by Gasteiger charge is -2.12. The topological polar surface area (TPSA) is 89.3 Å². The van der Waals surface area contributed by atoms with Crippen molar-refractivity contribution >= 4 is 21.6 Å². The number of hydrogen-bond donors (Lipinski definition) is 2. The van der Waals surface area contributed by atoms with Crippen molar-refractivity contribution < 1.29 is 13.2 Å². The van der Waals surface area contributed by atoms with Gasteiger partial charge in [0.25, 0.3) is 0 Å². The van der Waals surface area contributed by atoms with Crippen molar-refractivity contribution in [3.63, 3.8) is 0 Å². The van der Waals surface area contributed by atoms with E-state index in [4.69, 9.17) is 5.14 Å². The van der Waals surface area contributed by atoms with Gasteiger partial charge in [0.2, 0.25) is 15.9 Å². The number of primary sulfonamides is 1. The average Bonchev–Trinajstić information content (AvgIpc) is 2.40. The van der Waals surface area contributed by atoms with Crippen molar-refractivity contribution in [2.45, 2.75) is 37.9 Å². The number of carbonyl (C=O) groups is 1. The van der Waals surface area contributed by atoms with Crippen LogP contribution in [0.15, 0.2) is 35.9 Å². The first-order valence-electron chi connectivity index (χ1n) is 6.99. The van der Waals surface area contributed by atoms with E-state index in [2.05, 4.69) is 11.4 Å². The van der Waals surface area contributed by atoms with E-state index in [0.29, 0.717) is 17.7 Å². The second kappa shape index (κ2) is 6.87. The Morgan fingerprint density at radius 2 is 1.90 bits per heavy atom. The third-order valence-electron chi connectivity index (χ3n) is 3.38. The van der Waals surface area contributed by atoms with E-state index < -0.39 is 10.0 Å². The molecule has 1 aliphatic rings. The van der Waals surface area contributed by atoms with Gasteiger partial charge in [-0.1, -0.05) is 23.8 Å². The average molecular weight is 308 g/mol. The molecule has 0 bridgehead atoms. The SMILES string of the molecule is NS(=O)(=O)Cc1ccc(NC(=O)CC2=CCCCC2)cc1. The third-order valence-corrected chi connectivity index (χ3v) is 4.11. The molecule has 5 nitrogen and oxygen atoms in total. The molecule has 0 fully saturated rings. The molecular weight excluding hydrogens is 288 g/mol. The number of amides is 1. The summed E-state index contributed by atoms with van der Waals surface area (Å²) >= 11 is 0. The van der Waals surface area contributed by atoms with Gasteiger partial charge in [0.15, 0.2) is 0 Å². The highest BCUT2D eigenvalue weighted by Gasteiger charge is 2.10. The van der Waals surface area contributed by atoms with Crippen molar-refractivity contribution in [3.05, 3.63) is 41.5 Å². The maximum absolute atomic E-state index is 11.9. The monoisotopic (exact) mass is 308 g/mol. The van der Waals surface area contributed by atoms with Crippen LogP contribution in [-0.4, -0.2) is 14.3 Å². The summed E-state index contributed by atoms with van der Waals surface area (Å²) < 4.78 is 22.0. The number of nitrogens with one attached hydrogen (secondary N) is 1. The van der Waals surface area contributed by atoms with Crippen LogP contribution in [0.2, 0.25) is 0 Å². The van der Waals surface area contributed by atoms with Crippen LogP contribution in [0.5, 0.6) is 0 Å². The number of anilines is 1. The van der Waals surface area contributed by atoms with Crippen LogP contribution < -0.4 is 10.5 Å². The molecule has 0 unspecified atom stereocenters. The van der Waals surface area contributed by atoms with E-state index in [9.17, 15) is 13.2 Å². The third kappa shape index (κ3) is 5.69. The smallest absolute Gasteiger partial charge is 0.228 e. The van der Waals surface area contributed by atoms with Crippen LogP contribution in [-0.2, 0) is 20.6 Å². The molecule has 0 radical (unpaired) electrons. The zero-order valence-electron chi connectivity index (χ0n) is 11.8. The van der Waals surface area contributed by atoms with Crippen molar-refractivity contribution in [3.8, 4) is 0 Å². The van der Waals surface area contributed by atoms with Gasteiger partial charge in [-0.25, -0.2) is 13.6 Å². The number of sulfonamides is 1. The summed E-state index contributed by atoms with van der Waals surface area (Å²) in [4.78, 5) is 11.9. The first-order valence-corrected chi connectivity index (χ1v) is 8.71. The minimum absolute atomic E-state index is 0.0395. The minimum Gasteiger partial charge on any atom is -0.326 e. The van der Waals surface area contributed by atoms with Gasteiger partial charge in [0.05, 0.1) is 5.75 Å². The molecule has 0 saturated heterocycles. The number of carbonyl (C=O) groups excluding carboxylic acids is 1. The molecule has 1 aliphatic carbocycles. The summed E-state index contributed by atoms with van der Waals surface area (Å²) in [7, 11) is -3.53. The fraction of sp³-hybridized carbons (Fsp3) is 0.400. The first kappa shape index (κ1) is 15.7. The number of benzene rings is 1. The number of rotatable bonds is 5. The van der Waals surface area contributed by atoms with E-state index >= 15 is 0 Å². The molecule has 3 N–H and O–H groups in total. The molecule has 0 aliphatic heterocycles. The molecule has 0 atom stereocenters. The minimum atomic E-state index is -3.53. The lowest BCUT2D eigenvalue weighted by Crippen LogP contribution is -2.15. The van der Waals surface area contributed by atoms with Gasteiger partial charge < -0.3 is 5.32 Å². The Morgan fingerprint density at radius 1 is 1.19 bits per heavy atom. The molecule has 0 saturated carbocycles. The number of hydrogen-bond acceptors (Lipinski definition) is 3. The molecule has 1 aromatic rings. The van der Waals surface area contributed by atoms with Crippen molar-refractivity contribution in [2.75, 3.05) is 5.32 Å². The second-order valence-corrected chi connectivity index (χ2v) is 6.95. The van der Waals surface area contributed by atoms with Crippen LogP contribution >= 0.6 is 0 Å². The fourth-order valence-electron chi connectivity index (χ4n) is 2.39. The van der Waals surface area contributed by atoms with Crippen molar-refractivity contribution in [1.82, 2.24) is 0 Å². The van der Waals surface area contributed by atoms with Gasteiger partial charge in [-0.05, 0) is 43.4 Å². The highest BCUT2D eigenvalue weighted by atomic mass is 32.2. The van der Waals surface area contributed by atoms with Gasteiger partial charge in [-0.3, -0.25) is 4.79 Å². The lowest BCUT2D eigenvalue weighted by molar-refractivity contribution is -0.115. The van der Waals surface area contributed by atoms with E-state index in [-0.39, 0.29) is 11.7 Å². The molecule has 2 rings (SSSR count). The van der Waals surface area contributed by atoms with Gasteiger partial charge in [0, 0.05) is 12.1 Å². The van der Waals surface area contributed by atoms with Crippen LogP contribution in [0.1, 0.15) is 37.7 Å².